The number of hydrogen-bond acceptors (Lipinski definition) is 3. The molecule has 0 heterocycles. The summed E-state index contributed by atoms with van der Waals surface area (Å²) in [6, 6.07) is 0. The van der Waals surface area contributed by atoms with Gasteiger partial charge in [-0.1, -0.05) is 38.5 Å². The molecule has 0 spiro atoms. The van der Waals surface area contributed by atoms with Crippen molar-refractivity contribution in [3.8, 4) is 0 Å². The van der Waals surface area contributed by atoms with E-state index in [4.69, 9.17) is 0 Å². The third-order valence-electron chi connectivity index (χ3n) is 4.74. The molecule has 0 radical (unpaired) electrons. The van der Waals surface area contributed by atoms with Crippen molar-refractivity contribution in [2.75, 3.05) is 0 Å². The Morgan fingerprint density at radius 1 is 1.00 bits per heavy atom. The molecule has 1 N–H and O–H groups in total. The summed E-state index contributed by atoms with van der Waals surface area (Å²) in [6.45, 7) is 3.18. The van der Waals surface area contributed by atoms with Crippen LogP contribution in [0, 0.1) is 5.92 Å². The molecule has 0 aliphatic heterocycles. The van der Waals surface area contributed by atoms with E-state index < -0.39 is 0 Å². The van der Waals surface area contributed by atoms with E-state index in [0.29, 0.717) is 17.6 Å². The normalized spacial score (nSPS) is 21.9. The van der Waals surface area contributed by atoms with Crippen LogP contribution in [0.5, 0.6) is 0 Å². The van der Waals surface area contributed by atoms with Crippen molar-refractivity contribution in [2.24, 2.45) is 5.92 Å². The van der Waals surface area contributed by atoms with Crippen molar-refractivity contribution in [2.45, 2.75) is 65.2 Å². The minimum atomic E-state index is -0.380. The second-order valence-electron chi connectivity index (χ2n) is 6.13. The van der Waals surface area contributed by atoms with Gasteiger partial charge in [0.2, 0.25) is 5.78 Å². The Labute approximate surface area is 120 Å². The molecule has 2 aliphatic carbocycles. The number of aliphatic hydroxyl groups excluding tert-OH is 1. The number of Topliss-reactive ketones (excluding diaryl/α,β-unsaturated/α-hetero) is 2. The zero-order chi connectivity index (χ0) is 14.7. The highest BCUT2D eigenvalue weighted by Gasteiger charge is 2.29. The topological polar surface area (TPSA) is 54.4 Å². The van der Waals surface area contributed by atoms with Gasteiger partial charge in [-0.15, -0.1) is 0 Å². The number of rotatable bonds is 4. The largest absolute Gasteiger partial charge is 0.504 e. The Bertz CT molecular complexity index is 476. The highest BCUT2D eigenvalue weighted by molar-refractivity contribution is 6.23. The number of ketones is 2. The maximum atomic E-state index is 12.1. The first-order chi connectivity index (χ1) is 9.52. The summed E-state index contributed by atoms with van der Waals surface area (Å²) in [5.74, 6) is -0.106. The zero-order valence-electron chi connectivity index (χ0n) is 12.5. The summed E-state index contributed by atoms with van der Waals surface area (Å²) in [5, 5.41) is 9.61. The quantitative estimate of drug-likeness (QED) is 0.788. The molecule has 0 bridgehead atoms. The molecule has 0 amide bonds. The summed E-state index contributed by atoms with van der Waals surface area (Å²) in [7, 11) is 0. The van der Waals surface area contributed by atoms with Crippen LogP contribution in [0.15, 0.2) is 22.5 Å². The van der Waals surface area contributed by atoms with E-state index in [0.717, 1.165) is 18.8 Å². The van der Waals surface area contributed by atoms with Crippen LogP contribution in [0.3, 0.4) is 0 Å². The van der Waals surface area contributed by atoms with Gasteiger partial charge in [0.1, 0.15) is 0 Å². The average Bonchev–Trinajstić information content (AvgIpc) is 2.48. The van der Waals surface area contributed by atoms with Gasteiger partial charge in [-0.2, -0.15) is 0 Å². The number of hydrogen-bond donors (Lipinski definition) is 1. The molecule has 110 valence electrons. The zero-order valence-corrected chi connectivity index (χ0v) is 12.5. The van der Waals surface area contributed by atoms with E-state index in [1.165, 1.54) is 39.0 Å². The third-order valence-corrected chi connectivity index (χ3v) is 4.74. The minimum absolute atomic E-state index is 0.150. The lowest BCUT2D eigenvalue weighted by Gasteiger charge is -2.22. The van der Waals surface area contributed by atoms with E-state index in [9.17, 15) is 14.7 Å². The Kier molecular flexibility index (Phi) is 4.79. The molecule has 3 nitrogen and oxygen atoms in total. The maximum absolute atomic E-state index is 12.1. The van der Waals surface area contributed by atoms with E-state index in [-0.39, 0.29) is 22.9 Å². The number of carbonyl (C=O) groups is 2. The minimum Gasteiger partial charge on any atom is -0.504 e. The van der Waals surface area contributed by atoms with Gasteiger partial charge in [0.15, 0.2) is 11.5 Å². The van der Waals surface area contributed by atoms with Gasteiger partial charge in [-0.25, -0.2) is 0 Å². The highest BCUT2D eigenvalue weighted by Crippen LogP contribution is 2.31. The molecule has 3 heteroatoms. The van der Waals surface area contributed by atoms with Crippen LogP contribution in [0.2, 0.25) is 0 Å². The number of aliphatic hydroxyl groups is 1. The van der Waals surface area contributed by atoms with Crippen molar-refractivity contribution in [1.82, 2.24) is 0 Å². The Morgan fingerprint density at radius 2 is 1.65 bits per heavy atom. The fraction of sp³-hybridized carbons (Fsp3) is 0.647. The first-order valence-electron chi connectivity index (χ1n) is 7.71. The van der Waals surface area contributed by atoms with Gasteiger partial charge in [0.25, 0.3) is 0 Å². The monoisotopic (exact) mass is 276 g/mol. The molecule has 20 heavy (non-hydrogen) atoms. The van der Waals surface area contributed by atoms with Crippen LogP contribution < -0.4 is 0 Å². The second-order valence-corrected chi connectivity index (χ2v) is 6.13. The summed E-state index contributed by atoms with van der Waals surface area (Å²) in [6.07, 6.45) is 9.42. The summed E-state index contributed by atoms with van der Waals surface area (Å²) >= 11 is 0. The van der Waals surface area contributed by atoms with E-state index in [1.54, 1.807) is 6.92 Å². The van der Waals surface area contributed by atoms with Gasteiger partial charge in [-0.05, 0) is 32.6 Å². The fourth-order valence-electron chi connectivity index (χ4n) is 3.33. The molecular weight excluding hydrogens is 252 g/mol. The van der Waals surface area contributed by atoms with Crippen molar-refractivity contribution in [3.05, 3.63) is 22.5 Å². The highest BCUT2D eigenvalue weighted by atomic mass is 16.3. The van der Waals surface area contributed by atoms with Gasteiger partial charge < -0.3 is 5.11 Å². The van der Waals surface area contributed by atoms with Crippen LogP contribution in [-0.4, -0.2) is 16.7 Å². The molecule has 0 saturated heterocycles. The molecule has 0 aromatic heterocycles. The lowest BCUT2D eigenvalue weighted by Crippen LogP contribution is -2.22. The van der Waals surface area contributed by atoms with Crippen molar-refractivity contribution in [1.29, 1.82) is 0 Å². The molecule has 1 fully saturated rings. The van der Waals surface area contributed by atoms with Crippen LogP contribution in [0.25, 0.3) is 0 Å². The maximum Gasteiger partial charge on any atom is 0.223 e. The molecule has 2 aliphatic rings. The van der Waals surface area contributed by atoms with Gasteiger partial charge in [0.05, 0.1) is 0 Å². The van der Waals surface area contributed by atoms with E-state index in [1.807, 2.05) is 0 Å². The molecular formula is C17H24O3. The fourth-order valence-corrected chi connectivity index (χ4v) is 3.33. The Balaban J connectivity index is 1.94. The predicted octanol–water partition coefficient (Wildman–Crippen LogP) is 4.04. The van der Waals surface area contributed by atoms with E-state index in [2.05, 4.69) is 0 Å². The lowest BCUT2D eigenvalue weighted by atomic mass is 9.83. The first-order valence-corrected chi connectivity index (χ1v) is 7.71. The second kappa shape index (κ2) is 6.38. The average molecular weight is 276 g/mol. The molecule has 0 atom stereocenters. The number of allylic oxidation sites excluding steroid dienone is 3. The smallest absolute Gasteiger partial charge is 0.223 e. The molecule has 0 aromatic carbocycles. The standard InChI is InChI=1S/C17H24O3/c1-11-14(15(18)12(2)17(20)16(11)19)10-6-9-13-7-4-3-5-8-13/h13,20H,3-10H2,1-2H3. The Morgan fingerprint density at radius 3 is 2.30 bits per heavy atom. The third kappa shape index (κ3) is 3.02. The van der Waals surface area contributed by atoms with Crippen molar-refractivity contribution < 1.29 is 14.7 Å². The van der Waals surface area contributed by atoms with Crippen molar-refractivity contribution in [3.63, 3.8) is 0 Å². The molecule has 1 saturated carbocycles. The van der Waals surface area contributed by atoms with Crippen molar-refractivity contribution >= 4 is 11.6 Å². The lowest BCUT2D eigenvalue weighted by molar-refractivity contribution is -0.118. The summed E-state index contributed by atoms with van der Waals surface area (Å²) < 4.78 is 0. The molecule has 2 rings (SSSR count). The molecule has 0 unspecified atom stereocenters. The van der Waals surface area contributed by atoms with E-state index >= 15 is 0 Å². The van der Waals surface area contributed by atoms with Gasteiger partial charge >= 0.3 is 0 Å². The first kappa shape index (κ1) is 15.0. The number of carbonyl (C=O) groups excluding carboxylic acids is 2. The predicted molar refractivity (Wildman–Crippen MR) is 78.5 cm³/mol. The van der Waals surface area contributed by atoms with Crippen LogP contribution >= 0.6 is 0 Å². The van der Waals surface area contributed by atoms with Crippen LogP contribution in [-0.2, 0) is 9.59 Å². The SMILES string of the molecule is CC1=C(O)C(=O)C(C)=C(CCCC2CCCCC2)C1=O. The van der Waals surface area contributed by atoms with Gasteiger partial charge in [0, 0.05) is 16.7 Å². The van der Waals surface area contributed by atoms with Gasteiger partial charge in [-0.3, -0.25) is 9.59 Å². The van der Waals surface area contributed by atoms with Crippen LogP contribution in [0.4, 0.5) is 0 Å². The summed E-state index contributed by atoms with van der Waals surface area (Å²) in [5.41, 5.74) is 1.25. The summed E-state index contributed by atoms with van der Waals surface area (Å²) in [4.78, 5) is 24.0. The Hall–Kier alpha value is -1.38. The molecule has 0 aromatic rings. The van der Waals surface area contributed by atoms with Crippen LogP contribution in [0.1, 0.15) is 65.2 Å².